The standard InChI is InChI=1S/C20H19FN4O3S/c1-11-9-14(7-8-22-11)19-23-12(2)18(29-19)25-17(16(10-26)24-20(27)28)13-3-5-15(21)6-4-13/h3-10,16-17,24-25H,1-2H3,(H,27,28)/t16?,17-/m1/s1. The third-order valence-corrected chi connectivity index (χ3v) is 5.39. The van der Waals surface area contributed by atoms with E-state index in [0.29, 0.717) is 22.5 Å². The van der Waals surface area contributed by atoms with Gasteiger partial charge in [0.2, 0.25) is 0 Å². The molecule has 9 heteroatoms. The van der Waals surface area contributed by atoms with E-state index in [1.54, 1.807) is 6.20 Å². The molecule has 7 nitrogen and oxygen atoms in total. The molecular weight excluding hydrogens is 395 g/mol. The van der Waals surface area contributed by atoms with E-state index >= 15 is 0 Å². The van der Waals surface area contributed by atoms with E-state index in [1.165, 1.54) is 35.6 Å². The van der Waals surface area contributed by atoms with Crippen molar-refractivity contribution in [2.24, 2.45) is 0 Å². The molecule has 0 bridgehead atoms. The summed E-state index contributed by atoms with van der Waals surface area (Å²) in [7, 11) is 0. The SMILES string of the molecule is Cc1cc(-c2nc(C)c(N[C@H](c3ccc(F)cc3)C(C=O)NC(=O)O)s2)ccn1. The third-order valence-electron chi connectivity index (χ3n) is 4.25. The summed E-state index contributed by atoms with van der Waals surface area (Å²) in [6.45, 7) is 3.71. The van der Waals surface area contributed by atoms with Gasteiger partial charge in [0.15, 0.2) is 0 Å². The first-order valence-electron chi connectivity index (χ1n) is 8.74. The average Bonchev–Trinajstić information content (AvgIpc) is 3.05. The lowest BCUT2D eigenvalue weighted by atomic mass is 10.00. The summed E-state index contributed by atoms with van der Waals surface area (Å²) in [5.41, 5.74) is 3.03. The van der Waals surface area contributed by atoms with Crippen LogP contribution in [0, 0.1) is 19.7 Å². The number of aldehydes is 1. The highest BCUT2D eigenvalue weighted by Gasteiger charge is 2.26. The van der Waals surface area contributed by atoms with Gasteiger partial charge < -0.3 is 20.5 Å². The molecule has 2 atom stereocenters. The van der Waals surface area contributed by atoms with Gasteiger partial charge in [0.25, 0.3) is 0 Å². The van der Waals surface area contributed by atoms with Crippen LogP contribution in [0.4, 0.5) is 14.2 Å². The van der Waals surface area contributed by atoms with E-state index in [4.69, 9.17) is 5.11 Å². The second-order valence-electron chi connectivity index (χ2n) is 6.40. The van der Waals surface area contributed by atoms with Crippen LogP contribution < -0.4 is 10.6 Å². The fourth-order valence-electron chi connectivity index (χ4n) is 2.86. The molecule has 0 fully saturated rings. The zero-order chi connectivity index (χ0) is 21.0. The van der Waals surface area contributed by atoms with Crippen molar-refractivity contribution in [3.8, 4) is 10.6 Å². The van der Waals surface area contributed by atoms with Crippen LogP contribution in [0.3, 0.4) is 0 Å². The predicted molar refractivity (Wildman–Crippen MR) is 109 cm³/mol. The van der Waals surface area contributed by atoms with Crippen LogP contribution in [0.2, 0.25) is 0 Å². The van der Waals surface area contributed by atoms with Gasteiger partial charge in [-0.2, -0.15) is 0 Å². The van der Waals surface area contributed by atoms with Gasteiger partial charge in [-0.15, -0.1) is 0 Å². The topological polar surface area (TPSA) is 104 Å². The number of carboxylic acid groups (broad SMARTS) is 1. The van der Waals surface area contributed by atoms with Crippen LogP contribution in [-0.2, 0) is 4.79 Å². The summed E-state index contributed by atoms with van der Waals surface area (Å²) in [6, 6.07) is 7.50. The Labute approximate surface area is 170 Å². The molecule has 0 aliphatic heterocycles. The number of hydrogen-bond acceptors (Lipinski definition) is 6. The van der Waals surface area contributed by atoms with Crippen molar-refractivity contribution in [3.05, 3.63) is 65.4 Å². The van der Waals surface area contributed by atoms with Gasteiger partial charge in [0, 0.05) is 17.5 Å². The number of nitrogens with one attached hydrogen (secondary N) is 2. The Hall–Kier alpha value is -3.33. The van der Waals surface area contributed by atoms with Crippen LogP contribution in [-0.4, -0.2) is 33.5 Å². The van der Waals surface area contributed by atoms with E-state index in [-0.39, 0.29) is 0 Å². The number of amides is 1. The molecule has 3 N–H and O–H groups in total. The van der Waals surface area contributed by atoms with Gasteiger partial charge in [-0.1, -0.05) is 23.5 Å². The molecular formula is C20H19FN4O3S. The van der Waals surface area contributed by atoms with Crippen molar-refractivity contribution < 1.29 is 19.1 Å². The van der Waals surface area contributed by atoms with Crippen LogP contribution in [0.5, 0.6) is 0 Å². The first kappa shape index (κ1) is 20.4. The van der Waals surface area contributed by atoms with Crippen LogP contribution in [0.15, 0.2) is 42.6 Å². The number of carbonyl (C=O) groups excluding carboxylic acids is 1. The summed E-state index contributed by atoms with van der Waals surface area (Å²) in [6.07, 6.45) is 0.887. The maximum Gasteiger partial charge on any atom is 0.405 e. The van der Waals surface area contributed by atoms with Crippen molar-refractivity contribution in [3.63, 3.8) is 0 Å². The summed E-state index contributed by atoms with van der Waals surface area (Å²) in [5, 5.41) is 15.9. The number of hydrogen-bond donors (Lipinski definition) is 3. The Kier molecular flexibility index (Phi) is 6.18. The summed E-state index contributed by atoms with van der Waals surface area (Å²) >= 11 is 1.38. The molecule has 1 aromatic carbocycles. The maximum atomic E-state index is 13.3. The van der Waals surface area contributed by atoms with Crippen LogP contribution in [0.25, 0.3) is 10.6 Å². The van der Waals surface area contributed by atoms with Gasteiger partial charge in [-0.3, -0.25) is 4.98 Å². The van der Waals surface area contributed by atoms with Crippen molar-refractivity contribution in [2.45, 2.75) is 25.9 Å². The largest absolute Gasteiger partial charge is 0.465 e. The van der Waals surface area contributed by atoms with Gasteiger partial charge in [0.05, 0.1) is 11.7 Å². The summed E-state index contributed by atoms with van der Waals surface area (Å²) in [4.78, 5) is 31.5. The summed E-state index contributed by atoms with van der Waals surface area (Å²) in [5.74, 6) is -0.425. The zero-order valence-electron chi connectivity index (χ0n) is 15.7. The van der Waals surface area contributed by atoms with E-state index in [0.717, 1.165) is 16.3 Å². The number of anilines is 1. The lowest BCUT2D eigenvalue weighted by Gasteiger charge is -2.25. The van der Waals surface area contributed by atoms with Crippen LogP contribution >= 0.6 is 11.3 Å². The molecule has 0 aliphatic rings. The van der Waals surface area contributed by atoms with Crippen molar-refractivity contribution in [1.82, 2.24) is 15.3 Å². The quantitative estimate of drug-likeness (QED) is 0.506. The Morgan fingerprint density at radius 1 is 1.24 bits per heavy atom. The lowest BCUT2D eigenvalue weighted by Crippen LogP contribution is -2.42. The monoisotopic (exact) mass is 414 g/mol. The molecule has 0 saturated heterocycles. The molecule has 29 heavy (non-hydrogen) atoms. The number of aromatic nitrogens is 2. The second kappa shape index (κ2) is 8.78. The highest BCUT2D eigenvalue weighted by Crippen LogP contribution is 2.34. The number of thiazole rings is 1. The number of pyridine rings is 1. The van der Waals surface area contributed by atoms with Gasteiger partial charge in [0.1, 0.15) is 28.2 Å². The van der Waals surface area contributed by atoms with Gasteiger partial charge in [-0.05, 0) is 43.7 Å². The summed E-state index contributed by atoms with van der Waals surface area (Å²) < 4.78 is 13.3. The van der Waals surface area contributed by atoms with Crippen molar-refractivity contribution in [2.75, 3.05) is 5.32 Å². The van der Waals surface area contributed by atoms with E-state index in [2.05, 4.69) is 20.6 Å². The lowest BCUT2D eigenvalue weighted by molar-refractivity contribution is -0.109. The highest BCUT2D eigenvalue weighted by molar-refractivity contribution is 7.19. The van der Waals surface area contributed by atoms with Crippen LogP contribution in [0.1, 0.15) is 23.0 Å². The molecule has 2 aromatic heterocycles. The Bertz CT molecular complexity index is 1020. The molecule has 0 radical (unpaired) electrons. The third kappa shape index (κ3) is 4.94. The van der Waals surface area contributed by atoms with Gasteiger partial charge in [-0.25, -0.2) is 14.2 Å². The Morgan fingerprint density at radius 3 is 2.59 bits per heavy atom. The highest BCUT2D eigenvalue weighted by atomic mass is 32.1. The molecule has 1 amide bonds. The first-order valence-corrected chi connectivity index (χ1v) is 9.56. The minimum Gasteiger partial charge on any atom is -0.465 e. The number of halogens is 1. The fraction of sp³-hybridized carbons (Fsp3) is 0.200. The number of nitrogens with zero attached hydrogens (tertiary/aromatic N) is 2. The Morgan fingerprint density at radius 2 is 1.97 bits per heavy atom. The molecule has 3 rings (SSSR count). The smallest absolute Gasteiger partial charge is 0.405 e. The zero-order valence-corrected chi connectivity index (χ0v) is 16.5. The predicted octanol–water partition coefficient (Wildman–Crippen LogP) is 3.95. The normalized spacial score (nSPS) is 12.8. The number of rotatable bonds is 7. The van der Waals surface area contributed by atoms with Crippen molar-refractivity contribution in [1.29, 1.82) is 0 Å². The molecule has 1 unspecified atom stereocenters. The van der Waals surface area contributed by atoms with E-state index in [1.807, 2.05) is 26.0 Å². The molecule has 150 valence electrons. The number of aryl methyl sites for hydroxylation is 2. The number of benzene rings is 1. The first-order chi connectivity index (χ1) is 13.9. The van der Waals surface area contributed by atoms with E-state index in [9.17, 15) is 14.0 Å². The molecule has 0 saturated carbocycles. The molecule has 3 aromatic rings. The average molecular weight is 414 g/mol. The minimum atomic E-state index is -1.33. The van der Waals surface area contributed by atoms with E-state index < -0.39 is 24.0 Å². The Balaban J connectivity index is 1.96. The fourth-order valence-corrected chi connectivity index (χ4v) is 3.86. The molecule has 2 heterocycles. The minimum absolute atomic E-state index is 0.425. The maximum absolute atomic E-state index is 13.3. The molecule has 0 spiro atoms. The second-order valence-corrected chi connectivity index (χ2v) is 7.40. The number of carbonyl (C=O) groups is 2. The van der Waals surface area contributed by atoms with Crippen molar-refractivity contribution >= 4 is 28.7 Å². The van der Waals surface area contributed by atoms with Gasteiger partial charge >= 0.3 is 6.09 Å². The molecule has 0 aliphatic carbocycles.